The first-order chi connectivity index (χ1) is 15.3. The third-order valence-electron chi connectivity index (χ3n) is 5.18. The molecular weight excluding hydrogens is 430 g/mol. The third-order valence-corrected chi connectivity index (χ3v) is 6.01. The fraction of sp³-hybridized carbons (Fsp3) is 0.217. The minimum atomic E-state index is -3.75. The van der Waals surface area contributed by atoms with Crippen molar-refractivity contribution >= 4 is 37.5 Å². The number of aliphatic hydroxyl groups is 1. The lowest BCUT2D eigenvalue weighted by molar-refractivity contribution is 0.172. The highest BCUT2D eigenvalue weighted by atomic mass is 32.2. The van der Waals surface area contributed by atoms with Gasteiger partial charge in [-0.05, 0) is 35.9 Å². The van der Waals surface area contributed by atoms with Crippen molar-refractivity contribution in [1.29, 1.82) is 0 Å². The van der Waals surface area contributed by atoms with Crippen LogP contribution in [0.1, 0.15) is 11.7 Å². The summed E-state index contributed by atoms with van der Waals surface area (Å²) < 4.78 is 28.7. The predicted octanol–water partition coefficient (Wildman–Crippen LogP) is 3.18. The summed E-state index contributed by atoms with van der Waals surface area (Å²) in [6.45, 7) is 1.28. The lowest BCUT2D eigenvalue weighted by atomic mass is 10.1. The molecule has 0 saturated carbocycles. The maximum Gasteiger partial charge on any atom is 0.254 e. The maximum atomic E-state index is 11.4. The highest BCUT2D eigenvalue weighted by Gasteiger charge is 2.15. The van der Waals surface area contributed by atoms with E-state index in [1.54, 1.807) is 12.1 Å². The molecule has 0 radical (unpaired) electrons. The Balaban J connectivity index is 1.26. The molecule has 4 aromatic rings. The molecule has 8 nitrogen and oxygen atoms in total. The van der Waals surface area contributed by atoms with Gasteiger partial charge in [0.1, 0.15) is 12.4 Å². The second-order valence-corrected chi connectivity index (χ2v) is 9.36. The van der Waals surface area contributed by atoms with Crippen LogP contribution in [0.5, 0.6) is 5.75 Å². The van der Waals surface area contributed by atoms with Crippen molar-refractivity contribution in [3.05, 3.63) is 72.3 Å². The van der Waals surface area contributed by atoms with Crippen LogP contribution in [0, 0.1) is 0 Å². The fourth-order valence-corrected chi connectivity index (χ4v) is 4.04. The molecule has 32 heavy (non-hydrogen) atoms. The number of sulfonamides is 1. The molecule has 4 N–H and O–H groups in total. The minimum absolute atomic E-state index is 0.108. The van der Waals surface area contributed by atoms with Gasteiger partial charge in [0, 0.05) is 35.4 Å². The average Bonchev–Trinajstić information content (AvgIpc) is 3.15. The summed E-state index contributed by atoms with van der Waals surface area (Å²) in [5, 5.41) is 25.4. The molecule has 0 spiro atoms. The van der Waals surface area contributed by atoms with E-state index in [4.69, 9.17) is 4.74 Å². The average molecular weight is 456 g/mol. The van der Waals surface area contributed by atoms with E-state index in [0.29, 0.717) is 25.3 Å². The van der Waals surface area contributed by atoms with Crippen LogP contribution < -0.4 is 14.5 Å². The number of anilines is 1. The number of hydrogen-bond donors (Lipinski definition) is 4. The van der Waals surface area contributed by atoms with Crippen LogP contribution in [0.3, 0.4) is 0 Å². The van der Waals surface area contributed by atoms with Crippen LogP contribution in [0.15, 0.2) is 66.7 Å². The summed E-state index contributed by atoms with van der Waals surface area (Å²) in [6.07, 6.45) is 0.122. The number of nitrogens with zero attached hydrogens (tertiary/aromatic N) is 1. The van der Waals surface area contributed by atoms with E-state index >= 15 is 0 Å². The van der Waals surface area contributed by atoms with Crippen LogP contribution in [0.4, 0.5) is 5.69 Å². The van der Waals surface area contributed by atoms with E-state index in [-0.39, 0.29) is 10.2 Å². The smallest absolute Gasteiger partial charge is 0.254 e. The maximum absolute atomic E-state index is 11.4. The number of hydrogen-bond acceptors (Lipinski definition) is 6. The van der Waals surface area contributed by atoms with E-state index in [1.165, 1.54) is 17.5 Å². The topological polar surface area (TPSA) is 115 Å². The highest BCUT2D eigenvalue weighted by Crippen LogP contribution is 2.28. The van der Waals surface area contributed by atoms with Gasteiger partial charge < -0.3 is 20.1 Å². The van der Waals surface area contributed by atoms with Crippen molar-refractivity contribution in [3.8, 4) is 5.75 Å². The second kappa shape index (κ2) is 9.17. The van der Waals surface area contributed by atoms with Crippen LogP contribution in [-0.2, 0) is 10.0 Å². The molecule has 1 aromatic heterocycles. The largest absolute Gasteiger partial charge is 0.492 e. The molecule has 0 aliphatic carbocycles. The first-order valence-electron chi connectivity index (χ1n) is 10.1. The zero-order chi connectivity index (χ0) is 22.7. The number of nitrogens with one attached hydrogen (secondary N) is 2. The number of aromatic amines is 1. The van der Waals surface area contributed by atoms with E-state index in [1.807, 2.05) is 36.4 Å². The molecule has 1 atom stereocenters. The Morgan fingerprint density at radius 1 is 1.03 bits per heavy atom. The monoisotopic (exact) mass is 455 g/mol. The summed E-state index contributed by atoms with van der Waals surface area (Å²) in [5.74, 6) is 0.765. The minimum Gasteiger partial charge on any atom is -0.492 e. The van der Waals surface area contributed by atoms with Gasteiger partial charge in [0.05, 0.1) is 23.6 Å². The molecule has 0 aliphatic rings. The number of aliphatic hydroxyl groups excluding tert-OH is 1. The van der Waals surface area contributed by atoms with Crippen molar-refractivity contribution in [3.63, 3.8) is 0 Å². The molecule has 3 aromatic carbocycles. The summed E-state index contributed by atoms with van der Waals surface area (Å²) in [5.41, 5.74) is 2.82. The molecule has 4 rings (SSSR count). The van der Waals surface area contributed by atoms with Gasteiger partial charge in [0.25, 0.3) is 10.0 Å². The molecule has 168 valence electrons. The van der Waals surface area contributed by atoms with Crippen molar-refractivity contribution in [2.45, 2.75) is 6.10 Å². The fourth-order valence-electron chi connectivity index (χ4n) is 3.54. The van der Waals surface area contributed by atoms with Crippen LogP contribution in [0.25, 0.3) is 21.8 Å². The van der Waals surface area contributed by atoms with Gasteiger partial charge in [-0.3, -0.25) is 5.21 Å². The van der Waals surface area contributed by atoms with Gasteiger partial charge in [-0.2, -0.15) is 0 Å². The van der Waals surface area contributed by atoms with Gasteiger partial charge in [-0.25, -0.2) is 8.42 Å². The van der Waals surface area contributed by atoms with Crippen LogP contribution in [0.2, 0.25) is 0 Å². The van der Waals surface area contributed by atoms with Crippen molar-refractivity contribution in [2.24, 2.45) is 0 Å². The Bertz CT molecular complexity index is 1320. The van der Waals surface area contributed by atoms with Gasteiger partial charge in [0.2, 0.25) is 0 Å². The zero-order valence-corrected chi connectivity index (χ0v) is 18.3. The Kier molecular flexibility index (Phi) is 6.33. The van der Waals surface area contributed by atoms with E-state index in [2.05, 4.69) is 16.4 Å². The van der Waals surface area contributed by atoms with Gasteiger partial charge in [-0.1, -0.05) is 30.3 Å². The number of ether oxygens (including phenoxy) is 1. The Morgan fingerprint density at radius 3 is 2.50 bits per heavy atom. The quantitative estimate of drug-likeness (QED) is 0.228. The first kappa shape index (κ1) is 22.1. The molecule has 1 heterocycles. The number of fused-ring (bicyclic) bond motifs is 3. The summed E-state index contributed by atoms with van der Waals surface area (Å²) in [4.78, 5) is 3.39. The second-order valence-electron chi connectivity index (χ2n) is 7.54. The number of aromatic nitrogens is 1. The number of para-hydroxylation sites is 1. The molecule has 0 saturated heterocycles. The van der Waals surface area contributed by atoms with Gasteiger partial charge in [-0.15, -0.1) is 4.47 Å². The lowest BCUT2D eigenvalue weighted by Crippen LogP contribution is -2.27. The highest BCUT2D eigenvalue weighted by molar-refractivity contribution is 7.91. The SMILES string of the molecule is CS(=O)(=O)N(O)c1ccc(C(O)CNCCOc2ccc3c(c2)[nH]c2ccccc23)cc1. The van der Waals surface area contributed by atoms with Crippen molar-refractivity contribution in [1.82, 2.24) is 10.3 Å². The normalized spacial score (nSPS) is 12.8. The third kappa shape index (κ3) is 4.86. The molecule has 1 unspecified atom stereocenters. The summed E-state index contributed by atoms with van der Waals surface area (Å²) in [7, 11) is -3.75. The van der Waals surface area contributed by atoms with Gasteiger partial charge in [0.15, 0.2) is 0 Å². The van der Waals surface area contributed by atoms with E-state index in [0.717, 1.165) is 28.4 Å². The molecule has 0 amide bonds. The lowest BCUT2D eigenvalue weighted by Gasteiger charge is -2.16. The molecule has 0 bridgehead atoms. The van der Waals surface area contributed by atoms with Crippen molar-refractivity contribution < 1.29 is 23.5 Å². The number of rotatable bonds is 9. The molecule has 0 fully saturated rings. The van der Waals surface area contributed by atoms with Crippen LogP contribution >= 0.6 is 0 Å². The molecule has 0 aliphatic heterocycles. The summed E-state index contributed by atoms with van der Waals surface area (Å²) in [6, 6.07) is 20.1. The predicted molar refractivity (Wildman–Crippen MR) is 125 cm³/mol. The first-order valence-corrected chi connectivity index (χ1v) is 12.0. The Hall–Kier alpha value is -3.11. The molecular formula is C23H25N3O5S. The molecule has 9 heteroatoms. The van der Waals surface area contributed by atoms with E-state index in [9.17, 15) is 18.7 Å². The number of benzene rings is 3. The Morgan fingerprint density at radius 2 is 1.75 bits per heavy atom. The number of H-pyrrole nitrogens is 1. The zero-order valence-electron chi connectivity index (χ0n) is 17.5. The van der Waals surface area contributed by atoms with E-state index < -0.39 is 16.1 Å². The van der Waals surface area contributed by atoms with Crippen LogP contribution in [-0.4, -0.2) is 49.7 Å². The Labute approximate surface area is 186 Å². The van der Waals surface area contributed by atoms with Gasteiger partial charge >= 0.3 is 0 Å². The van der Waals surface area contributed by atoms with Crippen molar-refractivity contribution in [2.75, 3.05) is 30.4 Å². The summed E-state index contributed by atoms with van der Waals surface area (Å²) >= 11 is 0. The standard InChI is InChI=1S/C23H25N3O5S/c1-32(29,30)26(28)17-8-6-16(7-9-17)23(27)15-24-12-13-31-18-10-11-20-19-4-2-3-5-21(19)25-22(20)14-18/h2-11,14,23-25,27-28H,12-13,15H2,1H3.